The van der Waals surface area contributed by atoms with Gasteiger partial charge in [0.05, 0.1) is 12.3 Å². The molecule has 0 aliphatic rings. The number of nitrogens with two attached hydrogens (primary N) is 1. The monoisotopic (exact) mass is 307 g/mol. The Bertz CT molecular complexity index is 532. The Labute approximate surface area is 119 Å². The van der Waals surface area contributed by atoms with Gasteiger partial charge in [-0.1, -0.05) is 12.1 Å². The molecule has 0 aliphatic heterocycles. The minimum Gasteiger partial charge on any atom is -0.351 e. The standard InChI is InChI=1S/C11H17N3O3S.ClH/c1-8(12)11(15)13-7-9-4-3-5-10(6-9)14-18(2,16)17;/h3-6,8,14H,7,12H2,1-2H3,(H,13,15);1H/t8-;/m1./s1. The summed E-state index contributed by atoms with van der Waals surface area (Å²) in [7, 11) is -3.30. The molecule has 1 rings (SSSR count). The Balaban J connectivity index is 0.00000324. The number of anilines is 1. The predicted octanol–water partition coefficient (Wildman–Crippen LogP) is 0.443. The largest absolute Gasteiger partial charge is 0.351 e. The van der Waals surface area contributed by atoms with Crippen molar-refractivity contribution in [3.05, 3.63) is 29.8 Å². The zero-order chi connectivity index (χ0) is 13.8. The van der Waals surface area contributed by atoms with E-state index in [1.54, 1.807) is 31.2 Å². The van der Waals surface area contributed by atoms with Crippen molar-refractivity contribution in [2.24, 2.45) is 5.73 Å². The van der Waals surface area contributed by atoms with E-state index >= 15 is 0 Å². The van der Waals surface area contributed by atoms with Gasteiger partial charge in [0.15, 0.2) is 0 Å². The maximum absolute atomic E-state index is 11.3. The van der Waals surface area contributed by atoms with Crippen molar-refractivity contribution in [2.75, 3.05) is 11.0 Å². The van der Waals surface area contributed by atoms with Crippen molar-refractivity contribution in [3.63, 3.8) is 0 Å². The normalized spacial score (nSPS) is 12.2. The molecule has 6 nitrogen and oxygen atoms in total. The van der Waals surface area contributed by atoms with Crippen LogP contribution in [0.2, 0.25) is 0 Å². The van der Waals surface area contributed by atoms with Crippen molar-refractivity contribution < 1.29 is 13.2 Å². The van der Waals surface area contributed by atoms with Crippen LogP contribution >= 0.6 is 12.4 Å². The molecule has 1 aromatic rings. The van der Waals surface area contributed by atoms with E-state index in [4.69, 9.17) is 5.73 Å². The topological polar surface area (TPSA) is 101 Å². The van der Waals surface area contributed by atoms with Crippen molar-refractivity contribution in [1.29, 1.82) is 0 Å². The summed E-state index contributed by atoms with van der Waals surface area (Å²) in [5, 5.41) is 2.65. The predicted molar refractivity (Wildman–Crippen MR) is 77.7 cm³/mol. The van der Waals surface area contributed by atoms with E-state index in [1.165, 1.54) is 0 Å². The first-order valence-electron chi connectivity index (χ1n) is 5.38. The first kappa shape index (κ1) is 17.7. The molecule has 0 unspecified atom stereocenters. The third kappa shape index (κ3) is 7.00. The number of nitrogens with one attached hydrogen (secondary N) is 2. The van der Waals surface area contributed by atoms with Gasteiger partial charge in [0.2, 0.25) is 15.9 Å². The summed E-state index contributed by atoms with van der Waals surface area (Å²) in [6.07, 6.45) is 1.08. The highest BCUT2D eigenvalue weighted by Crippen LogP contribution is 2.11. The molecule has 8 heteroatoms. The number of sulfonamides is 1. The summed E-state index contributed by atoms with van der Waals surface area (Å²) in [4.78, 5) is 11.3. The van der Waals surface area contributed by atoms with Crippen LogP contribution in [0.25, 0.3) is 0 Å². The molecule has 0 aliphatic carbocycles. The van der Waals surface area contributed by atoms with Gasteiger partial charge in [-0.3, -0.25) is 9.52 Å². The molecule has 0 bridgehead atoms. The van der Waals surface area contributed by atoms with Crippen molar-refractivity contribution in [2.45, 2.75) is 19.5 Å². The molecule has 0 saturated heterocycles. The van der Waals surface area contributed by atoms with Gasteiger partial charge in [-0.2, -0.15) is 0 Å². The Morgan fingerprint density at radius 1 is 1.42 bits per heavy atom. The highest BCUT2D eigenvalue weighted by atomic mass is 35.5. The van der Waals surface area contributed by atoms with Crippen LogP contribution in [0.15, 0.2) is 24.3 Å². The van der Waals surface area contributed by atoms with E-state index < -0.39 is 16.1 Å². The summed E-state index contributed by atoms with van der Waals surface area (Å²) in [5.41, 5.74) is 6.66. The van der Waals surface area contributed by atoms with Gasteiger partial charge in [0.1, 0.15) is 0 Å². The fourth-order valence-corrected chi connectivity index (χ4v) is 1.86. The smallest absolute Gasteiger partial charge is 0.236 e. The molecule has 1 aromatic carbocycles. The fourth-order valence-electron chi connectivity index (χ4n) is 1.31. The minimum absolute atomic E-state index is 0. The number of benzene rings is 1. The summed E-state index contributed by atoms with van der Waals surface area (Å²) >= 11 is 0. The zero-order valence-corrected chi connectivity index (χ0v) is 12.3. The van der Waals surface area contributed by atoms with E-state index in [2.05, 4.69) is 10.0 Å². The number of carbonyl (C=O) groups excluding carboxylic acids is 1. The SMILES string of the molecule is C[C@@H](N)C(=O)NCc1cccc(NS(C)(=O)=O)c1.Cl. The lowest BCUT2D eigenvalue weighted by Crippen LogP contribution is -2.37. The number of hydrogen-bond acceptors (Lipinski definition) is 4. The van der Waals surface area contributed by atoms with Crippen LogP contribution in [0.4, 0.5) is 5.69 Å². The highest BCUT2D eigenvalue weighted by Gasteiger charge is 2.07. The van der Waals surface area contributed by atoms with Crippen LogP contribution in [0.3, 0.4) is 0 Å². The maximum Gasteiger partial charge on any atom is 0.236 e. The second-order valence-electron chi connectivity index (χ2n) is 4.08. The first-order chi connectivity index (χ1) is 8.28. The van der Waals surface area contributed by atoms with Crippen LogP contribution in [-0.4, -0.2) is 26.6 Å². The average molecular weight is 308 g/mol. The van der Waals surface area contributed by atoms with Gasteiger partial charge < -0.3 is 11.1 Å². The Kier molecular flexibility index (Phi) is 6.82. The Hall–Kier alpha value is -1.31. The van der Waals surface area contributed by atoms with Gasteiger partial charge in [-0.15, -0.1) is 12.4 Å². The quantitative estimate of drug-likeness (QED) is 0.735. The third-order valence-corrected chi connectivity index (χ3v) is 2.72. The molecule has 19 heavy (non-hydrogen) atoms. The summed E-state index contributed by atoms with van der Waals surface area (Å²) < 4.78 is 24.5. The van der Waals surface area contributed by atoms with E-state index in [9.17, 15) is 13.2 Å². The molecule has 0 fully saturated rings. The van der Waals surface area contributed by atoms with Gasteiger partial charge in [0.25, 0.3) is 0 Å². The second kappa shape index (κ2) is 7.32. The van der Waals surface area contributed by atoms with Gasteiger partial charge in [-0.25, -0.2) is 8.42 Å². The minimum atomic E-state index is -3.30. The van der Waals surface area contributed by atoms with E-state index in [0.717, 1.165) is 11.8 Å². The second-order valence-corrected chi connectivity index (χ2v) is 5.83. The summed E-state index contributed by atoms with van der Waals surface area (Å²) in [6, 6.07) is 6.22. The molecular weight excluding hydrogens is 290 g/mol. The third-order valence-electron chi connectivity index (χ3n) is 2.11. The lowest BCUT2D eigenvalue weighted by atomic mass is 10.2. The molecule has 0 radical (unpaired) electrons. The van der Waals surface area contributed by atoms with Gasteiger partial charge in [-0.05, 0) is 24.6 Å². The molecule has 0 saturated carbocycles. The molecule has 4 N–H and O–H groups in total. The molecule has 0 aromatic heterocycles. The van der Waals surface area contributed by atoms with Gasteiger partial charge >= 0.3 is 0 Å². The molecular formula is C11H18ClN3O3S. The number of hydrogen-bond donors (Lipinski definition) is 3. The zero-order valence-electron chi connectivity index (χ0n) is 10.7. The number of carbonyl (C=O) groups is 1. The van der Waals surface area contributed by atoms with Gasteiger partial charge in [0, 0.05) is 12.2 Å². The average Bonchev–Trinajstić information content (AvgIpc) is 2.23. The molecule has 1 amide bonds. The van der Waals surface area contributed by atoms with Crippen LogP contribution in [0, 0.1) is 0 Å². The molecule has 0 spiro atoms. The number of halogens is 1. The number of rotatable bonds is 5. The lowest BCUT2D eigenvalue weighted by Gasteiger charge is -2.09. The van der Waals surface area contributed by atoms with Crippen LogP contribution in [-0.2, 0) is 21.4 Å². The van der Waals surface area contributed by atoms with Crippen molar-refractivity contribution in [3.8, 4) is 0 Å². The fraction of sp³-hybridized carbons (Fsp3) is 0.364. The lowest BCUT2D eigenvalue weighted by molar-refractivity contribution is -0.122. The molecule has 1 atom stereocenters. The van der Waals surface area contributed by atoms with E-state index in [0.29, 0.717) is 12.2 Å². The Morgan fingerprint density at radius 3 is 2.58 bits per heavy atom. The van der Waals surface area contributed by atoms with Crippen LogP contribution in [0.1, 0.15) is 12.5 Å². The van der Waals surface area contributed by atoms with Crippen LogP contribution < -0.4 is 15.8 Å². The van der Waals surface area contributed by atoms with Crippen molar-refractivity contribution in [1.82, 2.24) is 5.32 Å². The van der Waals surface area contributed by atoms with Crippen LogP contribution in [0.5, 0.6) is 0 Å². The van der Waals surface area contributed by atoms with Crippen molar-refractivity contribution >= 4 is 34.0 Å². The molecule has 108 valence electrons. The Morgan fingerprint density at radius 2 is 2.05 bits per heavy atom. The van der Waals surface area contributed by atoms with E-state index in [-0.39, 0.29) is 18.3 Å². The highest BCUT2D eigenvalue weighted by molar-refractivity contribution is 7.92. The summed E-state index contributed by atoms with van der Waals surface area (Å²) in [5.74, 6) is -0.253. The number of amides is 1. The van der Waals surface area contributed by atoms with E-state index in [1.807, 2.05) is 0 Å². The maximum atomic E-state index is 11.3. The first-order valence-corrected chi connectivity index (χ1v) is 7.27. The molecule has 0 heterocycles. The summed E-state index contributed by atoms with van der Waals surface area (Å²) in [6.45, 7) is 1.90.